The Morgan fingerprint density at radius 2 is 1.41 bits per heavy atom. The van der Waals surface area contributed by atoms with E-state index in [0.29, 0.717) is 0 Å². The van der Waals surface area contributed by atoms with E-state index in [1.807, 2.05) is 19.2 Å². The second kappa shape index (κ2) is 5.11. The molecule has 0 amide bonds. The van der Waals surface area contributed by atoms with Crippen LogP contribution in [-0.4, -0.2) is 15.0 Å². The Hall–Kier alpha value is -2.94. The number of aromatic amines is 1. The van der Waals surface area contributed by atoms with Crippen molar-refractivity contribution in [2.24, 2.45) is 0 Å². The van der Waals surface area contributed by atoms with Gasteiger partial charge in [-0.3, -0.25) is 0 Å². The van der Waals surface area contributed by atoms with Crippen LogP contribution in [0.15, 0.2) is 66.9 Å². The summed E-state index contributed by atoms with van der Waals surface area (Å²) in [6.07, 6.45) is 1.88. The van der Waals surface area contributed by atoms with E-state index < -0.39 is 0 Å². The molecule has 3 heteroatoms. The molecular weight excluding hydrogens is 270 g/mol. The van der Waals surface area contributed by atoms with Crippen LogP contribution in [-0.2, 0) is 0 Å². The van der Waals surface area contributed by atoms with Crippen LogP contribution in [0, 0.1) is 6.92 Å². The van der Waals surface area contributed by atoms with Crippen molar-refractivity contribution in [2.45, 2.75) is 6.92 Å². The zero-order valence-corrected chi connectivity index (χ0v) is 12.2. The van der Waals surface area contributed by atoms with Crippen molar-refractivity contribution in [3.8, 4) is 22.3 Å². The number of nitrogens with one attached hydrogen (secondary N) is 1. The van der Waals surface area contributed by atoms with Crippen molar-refractivity contribution in [2.75, 3.05) is 0 Å². The van der Waals surface area contributed by atoms with Crippen LogP contribution in [0.3, 0.4) is 0 Å². The van der Waals surface area contributed by atoms with E-state index in [-0.39, 0.29) is 0 Å². The Kier molecular flexibility index (Phi) is 2.97. The number of H-pyrrole nitrogens is 1. The summed E-state index contributed by atoms with van der Waals surface area (Å²) in [4.78, 5) is 12.0. The molecule has 0 aliphatic heterocycles. The fraction of sp³-hybridized carbons (Fsp3) is 0.0526. The SMILES string of the molecule is Cc1nc2ncc(-c3ccc(-c4ccccc4)cc3)cc2[nH]1. The largest absolute Gasteiger partial charge is 0.341 e. The van der Waals surface area contributed by atoms with E-state index in [1.54, 1.807) is 0 Å². The first-order valence-electron chi connectivity index (χ1n) is 7.28. The first kappa shape index (κ1) is 12.8. The van der Waals surface area contributed by atoms with E-state index in [1.165, 1.54) is 11.1 Å². The van der Waals surface area contributed by atoms with Gasteiger partial charge in [0, 0.05) is 11.8 Å². The van der Waals surface area contributed by atoms with Gasteiger partial charge in [0.15, 0.2) is 5.65 Å². The van der Waals surface area contributed by atoms with Gasteiger partial charge in [0.05, 0.1) is 5.52 Å². The summed E-state index contributed by atoms with van der Waals surface area (Å²) in [5.74, 6) is 0.888. The van der Waals surface area contributed by atoms with Crippen LogP contribution in [0.4, 0.5) is 0 Å². The van der Waals surface area contributed by atoms with Crippen molar-refractivity contribution >= 4 is 11.2 Å². The molecule has 0 aliphatic carbocycles. The zero-order valence-electron chi connectivity index (χ0n) is 12.2. The first-order chi connectivity index (χ1) is 10.8. The Balaban J connectivity index is 1.72. The number of pyridine rings is 1. The van der Waals surface area contributed by atoms with Gasteiger partial charge in [-0.1, -0.05) is 54.6 Å². The number of benzene rings is 2. The fourth-order valence-electron chi connectivity index (χ4n) is 2.66. The Bertz CT molecular complexity index is 922. The molecule has 0 atom stereocenters. The predicted octanol–water partition coefficient (Wildman–Crippen LogP) is 4.60. The van der Waals surface area contributed by atoms with Gasteiger partial charge in [-0.05, 0) is 29.7 Å². The monoisotopic (exact) mass is 285 g/mol. The van der Waals surface area contributed by atoms with E-state index in [9.17, 15) is 0 Å². The average molecular weight is 285 g/mol. The standard InChI is InChI=1S/C19H15N3/c1-13-21-18-11-17(12-20-19(18)22-13)16-9-7-15(8-10-16)14-5-3-2-4-6-14/h2-12H,1H3,(H,20,21,22). The minimum Gasteiger partial charge on any atom is -0.341 e. The van der Waals surface area contributed by atoms with Gasteiger partial charge in [-0.2, -0.15) is 0 Å². The molecule has 0 aliphatic rings. The van der Waals surface area contributed by atoms with Crippen molar-refractivity contribution in [3.05, 3.63) is 72.7 Å². The van der Waals surface area contributed by atoms with Crippen molar-refractivity contribution < 1.29 is 0 Å². The molecule has 2 heterocycles. The molecule has 0 radical (unpaired) electrons. The molecule has 0 unspecified atom stereocenters. The van der Waals surface area contributed by atoms with Crippen LogP contribution in [0.25, 0.3) is 33.4 Å². The average Bonchev–Trinajstić information content (AvgIpc) is 2.95. The number of aromatic nitrogens is 3. The molecule has 0 saturated carbocycles. The molecule has 22 heavy (non-hydrogen) atoms. The minimum atomic E-state index is 0.766. The maximum atomic E-state index is 4.42. The van der Waals surface area contributed by atoms with Crippen LogP contribution in [0.5, 0.6) is 0 Å². The second-order valence-electron chi connectivity index (χ2n) is 5.36. The van der Waals surface area contributed by atoms with Crippen LogP contribution in [0.1, 0.15) is 5.82 Å². The molecule has 0 spiro atoms. The third-order valence-corrected chi connectivity index (χ3v) is 3.78. The van der Waals surface area contributed by atoms with Gasteiger partial charge in [0.2, 0.25) is 0 Å². The molecule has 4 aromatic rings. The van der Waals surface area contributed by atoms with E-state index in [2.05, 4.69) is 69.5 Å². The Morgan fingerprint density at radius 3 is 2.14 bits per heavy atom. The van der Waals surface area contributed by atoms with E-state index in [4.69, 9.17) is 0 Å². The number of hydrogen-bond acceptors (Lipinski definition) is 2. The lowest BCUT2D eigenvalue weighted by atomic mass is 10.0. The fourth-order valence-corrected chi connectivity index (χ4v) is 2.66. The summed E-state index contributed by atoms with van der Waals surface area (Å²) in [7, 11) is 0. The van der Waals surface area contributed by atoms with E-state index >= 15 is 0 Å². The maximum Gasteiger partial charge on any atom is 0.177 e. The summed E-state index contributed by atoms with van der Waals surface area (Å²) >= 11 is 0. The lowest BCUT2D eigenvalue weighted by Crippen LogP contribution is -1.83. The number of imidazole rings is 1. The second-order valence-corrected chi connectivity index (χ2v) is 5.36. The highest BCUT2D eigenvalue weighted by Gasteiger charge is 2.05. The Morgan fingerprint density at radius 1 is 0.773 bits per heavy atom. The quantitative estimate of drug-likeness (QED) is 0.584. The molecule has 2 aromatic heterocycles. The molecule has 2 aromatic carbocycles. The highest BCUT2D eigenvalue weighted by molar-refractivity contribution is 5.79. The topological polar surface area (TPSA) is 41.6 Å². The maximum absolute atomic E-state index is 4.42. The van der Waals surface area contributed by atoms with Gasteiger partial charge >= 0.3 is 0 Å². The summed E-state index contributed by atoms with van der Waals surface area (Å²) in [5.41, 5.74) is 6.43. The highest BCUT2D eigenvalue weighted by atomic mass is 15.0. The molecular formula is C19H15N3. The molecule has 0 fully saturated rings. The van der Waals surface area contributed by atoms with Gasteiger partial charge in [0.25, 0.3) is 0 Å². The van der Waals surface area contributed by atoms with Gasteiger partial charge in [-0.15, -0.1) is 0 Å². The molecule has 0 saturated heterocycles. The number of fused-ring (bicyclic) bond motifs is 1. The predicted molar refractivity (Wildman–Crippen MR) is 89.5 cm³/mol. The number of aryl methyl sites for hydroxylation is 1. The van der Waals surface area contributed by atoms with Crippen LogP contribution >= 0.6 is 0 Å². The number of hydrogen-bond donors (Lipinski definition) is 1. The molecule has 4 rings (SSSR count). The third kappa shape index (κ3) is 2.27. The molecule has 106 valence electrons. The van der Waals surface area contributed by atoms with Crippen molar-refractivity contribution in [3.63, 3.8) is 0 Å². The molecule has 0 bridgehead atoms. The summed E-state index contributed by atoms with van der Waals surface area (Å²) < 4.78 is 0. The summed E-state index contributed by atoms with van der Waals surface area (Å²) in [5, 5.41) is 0. The smallest absolute Gasteiger partial charge is 0.177 e. The lowest BCUT2D eigenvalue weighted by molar-refractivity contribution is 1.16. The normalized spacial score (nSPS) is 11.0. The van der Waals surface area contributed by atoms with Crippen LogP contribution in [0.2, 0.25) is 0 Å². The van der Waals surface area contributed by atoms with Gasteiger partial charge < -0.3 is 4.98 Å². The van der Waals surface area contributed by atoms with Crippen molar-refractivity contribution in [1.29, 1.82) is 0 Å². The summed E-state index contributed by atoms with van der Waals surface area (Å²) in [6, 6.07) is 21.0. The third-order valence-electron chi connectivity index (χ3n) is 3.78. The minimum absolute atomic E-state index is 0.766. The number of rotatable bonds is 2. The van der Waals surface area contributed by atoms with Crippen molar-refractivity contribution in [1.82, 2.24) is 15.0 Å². The molecule has 3 nitrogen and oxygen atoms in total. The lowest BCUT2D eigenvalue weighted by Gasteiger charge is -2.04. The van der Waals surface area contributed by atoms with Crippen LogP contribution < -0.4 is 0 Å². The Labute approximate surface area is 128 Å². The number of nitrogens with zero attached hydrogens (tertiary/aromatic N) is 2. The summed E-state index contributed by atoms with van der Waals surface area (Å²) in [6.45, 7) is 1.94. The van der Waals surface area contributed by atoms with Gasteiger partial charge in [-0.25, -0.2) is 9.97 Å². The highest BCUT2D eigenvalue weighted by Crippen LogP contribution is 2.25. The van der Waals surface area contributed by atoms with E-state index in [0.717, 1.165) is 28.1 Å². The van der Waals surface area contributed by atoms with Gasteiger partial charge in [0.1, 0.15) is 5.82 Å². The zero-order chi connectivity index (χ0) is 14.9. The first-order valence-corrected chi connectivity index (χ1v) is 7.28. The molecule has 1 N–H and O–H groups in total.